The number of hydrogen-bond acceptors (Lipinski definition) is 4. The molecule has 0 heterocycles. The highest BCUT2D eigenvalue weighted by Crippen LogP contribution is 2.29. The van der Waals surface area contributed by atoms with Gasteiger partial charge in [0.25, 0.3) is 0 Å². The van der Waals surface area contributed by atoms with Crippen LogP contribution >= 0.6 is 35.6 Å². The number of ether oxygens (including phenoxy) is 3. The topological polar surface area (TPSA) is 78.1 Å². The van der Waals surface area contributed by atoms with Crippen LogP contribution in [0.4, 0.5) is 14.5 Å². The monoisotopic (exact) mass is 513 g/mol. The summed E-state index contributed by atoms with van der Waals surface area (Å²) in [4.78, 5) is 4.12. The zero-order valence-corrected chi connectivity index (χ0v) is 17.6. The van der Waals surface area contributed by atoms with E-state index in [1.54, 1.807) is 18.2 Å². The predicted octanol–water partition coefficient (Wildman–Crippen LogP) is 4.50. The number of alkyl halides is 2. The molecule has 0 unspecified atom stereocenters. The number of nitrogens with zero attached hydrogens (tertiary/aromatic N) is 1. The van der Waals surface area contributed by atoms with Crippen molar-refractivity contribution in [3.8, 4) is 17.2 Å². The minimum absolute atomic E-state index is 0. The fourth-order valence-electron chi connectivity index (χ4n) is 2.15. The van der Waals surface area contributed by atoms with Gasteiger partial charge in [-0.15, -0.1) is 24.0 Å². The number of hydrogen-bond donors (Lipinski definition) is 2. The smallest absolute Gasteiger partial charge is 0.387 e. The maximum atomic E-state index is 12.5. The Morgan fingerprint density at radius 3 is 2.41 bits per heavy atom. The average molecular weight is 514 g/mol. The van der Waals surface area contributed by atoms with E-state index in [1.807, 2.05) is 0 Å². The molecule has 0 atom stereocenters. The molecule has 2 aromatic carbocycles. The van der Waals surface area contributed by atoms with Gasteiger partial charge in [-0.1, -0.05) is 11.6 Å². The lowest BCUT2D eigenvalue weighted by Gasteiger charge is -2.12. The third-order valence-corrected chi connectivity index (χ3v) is 3.55. The quantitative estimate of drug-likeness (QED) is 0.324. The lowest BCUT2D eigenvalue weighted by molar-refractivity contribution is -0.0504. The van der Waals surface area contributed by atoms with Crippen LogP contribution in [0.5, 0.6) is 17.2 Å². The maximum Gasteiger partial charge on any atom is 0.387 e. The Labute approximate surface area is 177 Å². The third-order valence-electron chi connectivity index (χ3n) is 3.31. The number of methoxy groups -OCH3 is 2. The highest BCUT2D eigenvalue weighted by molar-refractivity contribution is 14.0. The van der Waals surface area contributed by atoms with Crippen molar-refractivity contribution in [1.82, 2.24) is 0 Å². The van der Waals surface area contributed by atoms with Crippen molar-refractivity contribution in [2.45, 2.75) is 13.2 Å². The zero-order valence-electron chi connectivity index (χ0n) is 14.5. The van der Waals surface area contributed by atoms with Crippen molar-refractivity contribution in [2.24, 2.45) is 10.7 Å². The van der Waals surface area contributed by atoms with Crippen LogP contribution in [0.3, 0.4) is 0 Å². The van der Waals surface area contributed by atoms with Gasteiger partial charge in [-0.25, -0.2) is 4.99 Å². The third kappa shape index (κ3) is 6.90. The van der Waals surface area contributed by atoms with E-state index in [9.17, 15) is 8.78 Å². The molecule has 6 nitrogen and oxygen atoms in total. The molecule has 0 saturated carbocycles. The van der Waals surface area contributed by atoms with Crippen LogP contribution in [0.25, 0.3) is 0 Å². The fourth-order valence-corrected chi connectivity index (χ4v) is 2.35. The highest BCUT2D eigenvalue weighted by Gasteiger charge is 2.10. The van der Waals surface area contributed by atoms with Gasteiger partial charge in [-0.05, 0) is 30.3 Å². The molecular weight excluding hydrogens is 495 g/mol. The Morgan fingerprint density at radius 1 is 1.11 bits per heavy atom. The lowest BCUT2D eigenvalue weighted by atomic mass is 10.2. The summed E-state index contributed by atoms with van der Waals surface area (Å²) in [5.41, 5.74) is 6.86. The lowest BCUT2D eigenvalue weighted by Crippen LogP contribution is -2.22. The molecular formula is C17H19ClF2IN3O3. The van der Waals surface area contributed by atoms with Crippen molar-refractivity contribution in [3.63, 3.8) is 0 Å². The number of nitrogens with two attached hydrogens (primary N) is 1. The van der Waals surface area contributed by atoms with Gasteiger partial charge in [-0.3, -0.25) is 0 Å². The molecule has 27 heavy (non-hydrogen) atoms. The van der Waals surface area contributed by atoms with E-state index in [0.717, 1.165) is 0 Å². The van der Waals surface area contributed by atoms with Gasteiger partial charge in [0, 0.05) is 22.3 Å². The number of aliphatic imine (C=N–C) groups is 1. The van der Waals surface area contributed by atoms with Crippen LogP contribution < -0.4 is 25.3 Å². The number of guanidine groups is 1. The summed E-state index contributed by atoms with van der Waals surface area (Å²) in [5.74, 6) is 1.17. The highest BCUT2D eigenvalue weighted by atomic mass is 127. The Morgan fingerprint density at radius 2 is 1.78 bits per heavy atom. The van der Waals surface area contributed by atoms with E-state index in [4.69, 9.17) is 26.8 Å². The zero-order chi connectivity index (χ0) is 19.1. The van der Waals surface area contributed by atoms with Gasteiger partial charge < -0.3 is 25.3 Å². The second-order valence-electron chi connectivity index (χ2n) is 5.03. The molecule has 0 aromatic heterocycles. The molecule has 0 bridgehead atoms. The van der Waals surface area contributed by atoms with E-state index in [-0.39, 0.29) is 42.2 Å². The van der Waals surface area contributed by atoms with Crippen LogP contribution in [-0.2, 0) is 6.54 Å². The molecule has 0 aliphatic carbocycles. The van der Waals surface area contributed by atoms with Crippen molar-refractivity contribution in [1.29, 1.82) is 0 Å². The standard InChI is InChI=1S/C17H18ClF2N3O3.HI/c1-24-14-6-4-12(8-15(14)25-2)23-17(21)22-9-10-7-11(18)3-5-13(10)26-16(19)20;/h3-8,16H,9H2,1-2H3,(H3,21,22,23);1H. The van der Waals surface area contributed by atoms with Crippen LogP contribution in [0.15, 0.2) is 41.4 Å². The van der Waals surface area contributed by atoms with Crippen molar-refractivity contribution < 1.29 is 23.0 Å². The number of anilines is 1. The largest absolute Gasteiger partial charge is 0.493 e. The molecule has 0 radical (unpaired) electrons. The Balaban J connectivity index is 0.00000364. The predicted molar refractivity (Wildman–Crippen MR) is 112 cm³/mol. The van der Waals surface area contributed by atoms with E-state index >= 15 is 0 Å². The number of nitrogens with one attached hydrogen (secondary N) is 1. The molecule has 2 rings (SSSR count). The van der Waals surface area contributed by atoms with Crippen molar-refractivity contribution in [2.75, 3.05) is 19.5 Å². The van der Waals surface area contributed by atoms with E-state index in [2.05, 4.69) is 15.0 Å². The fraction of sp³-hybridized carbons (Fsp3) is 0.235. The van der Waals surface area contributed by atoms with Crippen molar-refractivity contribution in [3.05, 3.63) is 47.0 Å². The molecule has 0 saturated heterocycles. The summed E-state index contributed by atoms with van der Waals surface area (Å²) < 4.78 is 39.8. The first-order chi connectivity index (χ1) is 12.4. The number of halogens is 4. The molecule has 0 aliphatic heterocycles. The molecule has 3 N–H and O–H groups in total. The minimum Gasteiger partial charge on any atom is -0.493 e. The first-order valence-electron chi connectivity index (χ1n) is 7.45. The molecule has 0 amide bonds. The van der Waals surface area contributed by atoms with Gasteiger partial charge in [0.2, 0.25) is 0 Å². The second-order valence-corrected chi connectivity index (χ2v) is 5.46. The summed E-state index contributed by atoms with van der Waals surface area (Å²) in [6.07, 6.45) is 0. The van der Waals surface area contributed by atoms with E-state index in [0.29, 0.717) is 27.8 Å². The van der Waals surface area contributed by atoms with Crippen molar-refractivity contribution >= 4 is 47.2 Å². The maximum absolute atomic E-state index is 12.5. The Kier molecular flexibility index (Phi) is 9.36. The van der Waals surface area contributed by atoms with Gasteiger partial charge in [0.1, 0.15) is 5.75 Å². The minimum atomic E-state index is -2.94. The summed E-state index contributed by atoms with van der Waals surface area (Å²) in [7, 11) is 3.05. The van der Waals surface area contributed by atoms with Gasteiger partial charge in [-0.2, -0.15) is 8.78 Å². The van der Waals surface area contributed by atoms with Crippen LogP contribution in [0.1, 0.15) is 5.56 Å². The van der Waals surface area contributed by atoms with E-state index < -0.39 is 6.61 Å². The van der Waals surface area contributed by atoms with Crippen LogP contribution in [0, 0.1) is 0 Å². The Bertz CT molecular complexity index is 794. The molecule has 0 aliphatic rings. The molecule has 0 fully saturated rings. The van der Waals surface area contributed by atoms with Crippen LogP contribution in [0.2, 0.25) is 5.02 Å². The summed E-state index contributed by atoms with van der Waals surface area (Å²) >= 11 is 5.90. The molecule has 2 aromatic rings. The molecule has 148 valence electrons. The summed E-state index contributed by atoms with van der Waals surface area (Å²) in [6, 6.07) is 9.43. The van der Waals surface area contributed by atoms with Gasteiger partial charge >= 0.3 is 6.61 Å². The average Bonchev–Trinajstić information content (AvgIpc) is 2.61. The van der Waals surface area contributed by atoms with Gasteiger partial charge in [0.05, 0.1) is 20.8 Å². The number of rotatable bonds is 7. The number of benzene rings is 2. The van der Waals surface area contributed by atoms with Gasteiger partial charge in [0.15, 0.2) is 17.5 Å². The molecule has 10 heteroatoms. The Hall–Kier alpha value is -2.01. The second kappa shape index (κ2) is 11.0. The molecule has 0 spiro atoms. The first-order valence-corrected chi connectivity index (χ1v) is 7.83. The summed E-state index contributed by atoms with van der Waals surface area (Å²) in [6.45, 7) is -2.93. The first kappa shape index (κ1) is 23.0. The normalized spacial score (nSPS) is 11.0. The van der Waals surface area contributed by atoms with Crippen LogP contribution in [-0.4, -0.2) is 26.8 Å². The SMILES string of the molecule is COc1ccc(NC(N)=NCc2cc(Cl)ccc2OC(F)F)cc1OC.I. The van der Waals surface area contributed by atoms with E-state index in [1.165, 1.54) is 32.4 Å². The summed E-state index contributed by atoms with van der Waals surface area (Å²) in [5, 5.41) is 3.26.